The van der Waals surface area contributed by atoms with Crippen LogP contribution in [0.2, 0.25) is 5.02 Å². The van der Waals surface area contributed by atoms with Crippen molar-refractivity contribution < 1.29 is 8.42 Å². The SMILES string of the molecule is CN(C)C1CCCN(S(=O)(=O)c2ccc(Cl)c(CN)c2)C1. The number of hydrogen-bond acceptors (Lipinski definition) is 4. The molecule has 1 aliphatic rings. The first-order chi connectivity index (χ1) is 9.86. The molecular weight excluding hydrogens is 310 g/mol. The number of sulfonamides is 1. The lowest BCUT2D eigenvalue weighted by Crippen LogP contribution is -2.47. The Morgan fingerprint density at radius 1 is 1.43 bits per heavy atom. The molecule has 7 heteroatoms. The second kappa shape index (κ2) is 6.62. The maximum atomic E-state index is 12.8. The molecule has 5 nitrogen and oxygen atoms in total. The molecule has 1 atom stereocenters. The van der Waals surface area contributed by atoms with Gasteiger partial charge in [-0.2, -0.15) is 4.31 Å². The van der Waals surface area contributed by atoms with E-state index >= 15 is 0 Å². The zero-order chi connectivity index (χ0) is 15.6. The van der Waals surface area contributed by atoms with Gasteiger partial charge in [0.05, 0.1) is 4.90 Å². The van der Waals surface area contributed by atoms with E-state index in [1.54, 1.807) is 22.5 Å². The van der Waals surface area contributed by atoms with Crippen molar-refractivity contribution in [3.05, 3.63) is 28.8 Å². The van der Waals surface area contributed by atoms with Crippen LogP contribution in [0.5, 0.6) is 0 Å². The Balaban J connectivity index is 2.29. The first-order valence-corrected chi connectivity index (χ1v) is 8.83. The Kier molecular flexibility index (Phi) is 5.27. The Morgan fingerprint density at radius 2 is 2.14 bits per heavy atom. The number of nitrogens with two attached hydrogens (primary N) is 1. The molecule has 2 rings (SSSR count). The molecule has 1 fully saturated rings. The van der Waals surface area contributed by atoms with Gasteiger partial charge in [-0.1, -0.05) is 11.6 Å². The van der Waals surface area contributed by atoms with Gasteiger partial charge in [-0.25, -0.2) is 8.42 Å². The van der Waals surface area contributed by atoms with Crippen LogP contribution < -0.4 is 5.73 Å². The molecule has 1 aromatic carbocycles. The van der Waals surface area contributed by atoms with E-state index in [2.05, 4.69) is 4.90 Å². The summed E-state index contributed by atoms with van der Waals surface area (Å²) in [7, 11) is 0.478. The first kappa shape index (κ1) is 16.7. The summed E-state index contributed by atoms with van der Waals surface area (Å²) in [6, 6.07) is 4.99. The molecule has 0 radical (unpaired) electrons. The van der Waals surface area contributed by atoms with Gasteiger partial charge in [0.15, 0.2) is 0 Å². The summed E-state index contributed by atoms with van der Waals surface area (Å²) < 4.78 is 27.1. The summed E-state index contributed by atoms with van der Waals surface area (Å²) in [5.41, 5.74) is 6.26. The van der Waals surface area contributed by atoms with Crippen LogP contribution in [0.1, 0.15) is 18.4 Å². The Morgan fingerprint density at radius 3 is 2.76 bits per heavy atom. The van der Waals surface area contributed by atoms with Crippen molar-refractivity contribution in [3.63, 3.8) is 0 Å². The van der Waals surface area contributed by atoms with E-state index in [4.69, 9.17) is 17.3 Å². The maximum Gasteiger partial charge on any atom is 0.243 e. The van der Waals surface area contributed by atoms with Gasteiger partial charge in [-0.15, -0.1) is 0 Å². The minimum atomic E-state index is -3.49. The molecule has 0 spiro atoms. The van der Waals surface area contributed by atoms with Gasteiger partial charge < -0.3 is 10.6 Å². The molecule has 0 saturated carbocycles. The molecule has 0 bridgehead atoms. The van der Waals surface area contributed by atoms with Crippen LogP contribution in [0.15, 0.2) is 23.1 Å². The standard InChI is InChI=1S/C14H22ClN3O2S/c1-17(2)12-4-3-7-18(10-12)21(19,20)13-5-6-14(15)11(8-13)9-16/h5-6,8,12H,3-4,7,9-10,16H2,1-2H3. The third-order valence-corrected chi connectivity index (χ3v) is 6.19. The van der Waals surface area contributed by atoms with E-state index in [1.807, 2.05) is 14.1 Å². The number of benzene rings is 1. The minimum Gasteiger partial charge on any atom is -0.326 e. The van der Waals surface area contributed by atoms with Crippen LogP contribution in [0.4, 0.5) is 0 Å². The Labute approximate surface area is 131 Å². The highest BCUT2D eigenvalue weighted by atomic mass is 35.5. The summed E-state index contributed by atoms with van der Waals surface area (Å²) in [4.78, 5) is 2.35. The smallest absolute Gasteiger partial charge is 0.243 e. The van der Waals surface area contributed by atoms with Crippen molar-refractivity contribution in [1.29, 1.82) is 0 Å². The molecule has 1 aromatic rings. The van der Waals surface area contributed by atoms with E-state index in [-0.39, 0.29) is 17.5 Å². The van der Waals surface area contributed by atoms with Crippen molar-refractivity contribution in [2.75, 3.05) is 27.2 Å². The van der Waals surface area contributed by atoms with Crippen LogP contribution in [-0.2, 0) is 16.6 Å². The summed E-state index contributed by atoms with van der Waals surface area (Å²) in [6.07, 6.45) is 1.90. The predicted octanol–water partition coefficient (Wildman–Crippen LogP) is 1.51. The summed E-state index contributed by atoms with van der Waals surface area (Å²) in [6.45, 7) is 1.31. The summed E-state index contributed by atoms with van der Waals surface area (Å²) in [5, 5.41) is 0.501. The maximum absolute atomic E-state index is 12.8. The molecular formula is C14H22ClN3O2S. The topological polar surface area (TPSA) is 66.6 Å². The van der Waals surface area contributed by atoms with Crippen LogP contribution in [0, 0.1) is 0 Å². The number of rotatable bonds is 4. The third-order valence-electron chi connectivity index (χ3n) is 3.96. The van der Waals surface area contributed by atoms with Crippen molar-refractivity contribution in [2.45, 2.75) is 30.3 Å². The van der Waals surface area contributed by atoms with E-state index < -0.39 is 10.0 Å². The Hall–Kier alpha value is -0.660. The molecule has 1 unspecified atom stereocenters. The number of hydrogen-bond donors (Lipinski definition) is 1. The van der Waals surface area contributed by atoms with Gasteiger partial charge >= 0.3 is 0 Å². The van der Waals surface area contributed by atoms with Crippen LogP contribution >= 0.6 is 11.6 Å². The van der Waals surface area contributed by atoms with Crippen molar-refractivity contribution in [2.24, 2.45) is 5.73 Å². The highest BCUT2D eigenvalue weighted by Gasteiger charge is 2.31. The minimum absolute atomic E-state index is 0.225. The van der Waals surface area contributed by atoms with E-state index in [0.29, 0.717) is 23.7 Å². The molecule has 0 amide bonds. The summed E-state index contributed by atoms with van der Waals surface area (Å²) in [5.74, 6) is 0. The lowest BCUT2D eigenvalue weighted by molar-refractivity contribution is 0.190. The quantitative estimate of drug-likeness (QED) is 0.908. The van der Waals surface area contributed by atoms with Crippen molar-refractivity contribution in [3.8, 4) is 0 Å². The predicted molar refractivity (Wildman–Crippen MR) is 84.8 cm³/mol. The largest absolute Gasteiger partial charge is 0.326 e. The molecule has 1 heterocycles. The van der Waals surface area contributed by atoms with E-state index in [9.17, 15) is 8.42 Å². The average Bonchev–Trinajstić information content (AvgIpc) is 2.47. The zero-order valence-electron chi connectivity index (χ0n) is 12.4. The lowest BCUT2D eigenvalue weighted by atomic mass is 10.1. The molecule has 21 heavy (non-hydrogen) atoms. The molecule has 118 valence electrons. The van der Waals surface area contributed by atoms with E-state index in [0.717, 1.165) is 12.8 Å². The molecule has 0 aromatic heterocycles. The second-order valence-corrected chi connectivity index (χ2v) is 7.93. The monoisotopic (exact) mass is 331 g/mol. The van der Waals surface area contributed by atoms with Gasteiger partial charge in [0.2, 0.25) is 10.0 Å². The van der Waals surface area contributed by atoms with Gasteiger partial charge in [-0.05, 0) is 50.7 Å². The molecule has 1 aliphatic heterocycles. The van der Waals surface area contributed by atoms with Crippen molar-refractivity contribution in [1.82, 2.24) is 9.21 Å². The number of likely N-dealkylation sites (N-methyl/N-ethyl adjacent to an activating group) is 1. The number of piperidine rings is 1. The van der Waals surface area contributed by atoms with Crippen molar-refractivity contribution >= 4 is 21.6 Å². The Bertz CT molecular complexity index is 604. The fourth-order valence-electron chi connectivity index (χ4n) is 2.58. The zero-order valence-corrected chi connectivity index (χ0v) is 14.0. The first-order valence-electron chi connectivity index (χ1n) is 7.01. The number of nitrogens with zero attached hydrogens (tertiary/aromatic N) is 2. The summed E-state index contributed by atoms with van der Waals surface area (Å²) >= 11 is 6.00. The highest BCUT2D eigenvalue weighted by molar-refractivity contribution is 7.89. The lowest BCUT2D eigenvalue weighted by Gasteiger charge is -2.35. The van der Waals surface area contributed by atoms with Crippen LogP contribution in [0.3, 0.4) is 0 Å². The van der Waals surface area contributed by atoms with Gasteiger partial charge in [-0.3, -0.25) is 0 Å². The highest BCUT2D eigenvalue weighted by Crippen LogP contribution is 2.25. The normalized spacial score (nSPS) is 20.9. The average molecular weight is 332 g/mol. The van der Waals surface area contributed by atoms with Crippen LogP contribution in [-0.4, -0.2) is 50.8 Å². The third kappa shape index (κ3) is 3.57. The fourth-order valence-corrected chi connectivity index (χ4v) is 4.34. The van der Waals surface area contributed by atoms with E-state index in [1.165, 1.54) is 0 Å². The number of halogens is 1. The van der Waals surface area contributed by atoms with Gasteiger partial charge in [0.25, 0.3) is 0 Å². The van der Waals surface area contributed by atoms with Crippen LogP contribution in [0.25, 0.3) is 0 Å². The fraction of sp³-hybridized carbons (Fsp3) is 0.571. The molecule has 0 aliphatic carbocycles. The van der Waals surface area contributed by atoms with Gasteiger partial charge in [0, 0.05) is 30.7 Å². The second-order valence-electron chi connectivity index (χ2n) is 5.58. The molecule has 2 N–H and O–H groups in total. The molecule has 1 saturated heterocycles. The van der Waals surface area contributed by atoms with Gasteiger partial charge in [0.1, 0.15) is 0 Å².